The molecule has 0 aliphatic carbocycles. The first-order chi connectivity index (χ1) is 12.9. The van der Waals surface area contributed by atoms with Gasteiger partial charge >= 0.3 is 0 Å². The van der Waals surface area contributed by atoms with E-state index in [1.807, 2.05) is 31.2 Å². The van der Waals surface area contributed by atoms with Crippen LogP contribution in [0.1, 0.15) is 36.5 Å². The number of hydrogen-bond donors (Lipinski definition) is 2. The van der Waals surface area contributed by atoms with Gasteiger partial charge in [-0.05, 0) is 48.2 Å². The molecule has 0 bridgehead atoms. The first-order valence-electron chi connectivity index (χ1n) is 9.63. The molecule has 2 aromatic rings. The van der Waals surface area contributed by atoms with Gasteiger partial charge in [0.15, 0.2) is 6.23 Å². The second-order valence-electron chi connectivity index (χ2n) is 7.52. The molecule has 4 nitrogen and oxygen atoms in total. The lowest BCUT2D eigenvalue weighted by Gasteiger charge is -2.35. The number of piperazine rings is 1. The molecule has 0 aromatic heterocycles. The Morgan fingerprint density at radius 2 is 1.79 bits per heavy atom. The van der Waals surface area contributed by atoms with Gasteiger partial charge in [0.2, 0.25) is 0 Å². The molecule has 0 radical (unpaired) electrons. The SMILES string of the molecule is Cc1cc(OC(Cc2ccc(F)cc2)N2CCNCC2)c(C(C)C)cc1O.Cl. The highest BCUT2D eigenvalue weighted by atomic mass is 35.5. The summed E-state index contributed by atoms with van der Waals surface area (Å²) >= 11 is 0. The second-order valence-corrected chi connectivity index (χ2v) is 7.52. The first kappa shape index (κ1) is 22.5. The lowest BCUT2D eigenvalue weighted by molar-refractivity contribution is 0.0165. The number of hydrogen-bond acceptors (Lipinski definition) is 4. The topological polar surface area (TPSA) is 44.7 Å². The molecule has 28 heavy (non-hydrogen) atoms. The van der Waals surface area contributed by atoms with E-state index in [1.165, 1.54) is 12.1 Å². The lowest BCUT2D eigenvalue weighted by Crippen LogP contribution is -2.51. The number of rotatable bonds is 6. The summed E-state index contributed by atoms with van der Waals surface area (Å²) in [6, 6.07) is 10.4. The van der Waals surface area contributed by atoms with Gasteiger partial charge in [0.1, 0.15) is 17.3 Å². The molecule has 1 saturated heterocycles. The fraction of sp³-hybridized carbons (Fsp3) is 0.455. The Morgan fingerprint density at radius 1 is 1.14 bits per heavy atom. The van der Waals surface area contributed by atoms with Crippen molar-refractivity contribution in [3.63, 3.8) is 0 Å². The summed E-state index contributed by atoms with van der Waals surface area (Å²) < 4.78 is 19.8. The molecule has 2 aromatic carbocycles. The van der Waals surface area contributed by atoms with Crippen LogP contribution >= 0.6 is 12.4 Å². The minimum absolute atomic E-state index is 0. The number of aromatic hydroxyl groups is 1. The number of phenols is 1. The highest BCUT2D eigenvalue weighted by molar-refractivity contribution is 5.85. The van der Waals surface area contributed by atoms with Gasteiger partial charge in [-0.15, -0.1) is 12.4 Å². The van der Waals surface area contributed by atoms with Gasteiger partial charge in [-0.2, -0.15) is 0 Å². The van der Waals surface area contributed by atoms with E-state index < -0.39 is 0 Å². The van der Waals surface area contributed by atoms with E-state index in [-0.39, 0.29) is 30.4 Å². The quantitative estimate of drug-likeness (QED) is 0.750. The zero-order valence-corrected chi connectivity index (χ0v) is 17.6. The smallest absolute Gasteiger partial charge is 0.156 e. The molecule has 3 rings (SSSR count). The maximum atomic E-state index is 13.3. The maximum Gasteiger partial charge on any atom is 0.156 e. The van der Waals surface area contributed by atoms with Gasteiger partial charge in [0.05, 0.1) is 0 Å². The normalized spacial score (nSPS) is 15.9. The molecular formula is C22H30ClFN2O2. The number of aryl methyl sites for hydroxylation is 1. The highest BCUT2D eigenvalue weighted by Crippen LogP contribution is 2.34. The van der Waals surface area contributed by atoms with Crippen LogP contribution in [0.3, 0.4) is 0 Å². The monoisotopic (exact) mass is 408 g/mol. The molecule has 0 saturated carbocycles. The van der Waals surface area contributed by atoms with Gasteiger partial charge in [-0.1, -0.05) is 26.0 Å². The van der Waals surface area contributed by atoms with Gasteiger partial charge in [0, 0.05) is 38.2 Å². The predicted octanol–water partition coefficient (Wildman–Crippen LogP) is 4.24. The van der Waals surface area contributed by atoms with Gasteiger partial charge in [0.25, 0.3) is 0 Å². The van der Waals surface area contributed by atoms with Crippen molar-refractivity contribution in [2.45, 2.75) is 39.3 Å². The Bertz CT molecular complexity index is 762. The number of nitrogens with zero attached hydrogens (tertiary/aromatic N) is 1. The van der Waals surface area contributed by atoms with E-state index in [1.54, 1.807) is 0 Å². The molecule has 0 spiro atoms. The van der Waals surface area contributed by atoms with Gasteiger partial charge in [-0.3, -0.25) is 4.90 Å². The van der Waals surface area contributed by atoms with Crippen LogP contribution in [-0.4, -0.2) is 42.4 Å². The Balaban J connectivity index is 0.00000280. The Hall–Kier alpha value is -1.82. The van der Waals surface area contributed by atoms with Crippen molar-refractivity contribution in [3.05, 3.63) is 58.9 Å². The number of halogens is 2. The van der Waals surface area contributed by atoms with E-state index in [4.69, 9.17) is 4.74 Å². The minimum atomic E-state index is -0.227. The molecule has 1 unspecified atom stereocenters. The largest absolute Gasteiger partial charge is 0.508 e. The summed E-state index contributed by atoms with van der Waals surface area (Å²) in [7, 11) is 0. The van der Waals surface area contributed by atoms with Crippen LogP contribution in [0.2, 0.25) is 0 Å². The molecule has 154 valence electrons. The molecule has 1 atom stereocenters. The third-order valence-corrected chi connectivity index (χ3v) is 5.10. The standard InChI is InChI=1S/C22H29FN2O2.ClH/c1-15(2)19-14-20(26)16(3)12-21(19)27-22(25-10-8-24-9-11-25)13-17-4-6-18(23)7-5-17;/h4-7,12,14-15,22,24,26H,8-11,13H2,1-3H3;1H. The number of benzene rings is 2. The highest BCUT2D eigenvalue weighted by Gasteiger charge is 2.24. The van der Waals surface area contributed by atoms with Crippen LogP contribution < -0.4 is 10.1 Å². The van der Waals surface area contributed by atoms with E-state index in [0.717, 1.165) is 48.6 Å². The summed E-state index contributed by atoms with van der Waals surface area (Å²) in [5.41, 5.74) is 2.84. The van der Waals surface area contributed by atoms with Crippen molar-refractivity contribution in [1.29, 1.82) is 0 Å². The Kier molecular flexibility index (Phi) is 8.10. The van der Waals surface area contributed by atoms with Crippen LogP contribution in [0.15, 0.2) is 36.4 Å². The van der Waals surface area contributed by atoms with E-state index in [9.17, 15) is 9.50 Å². The fourth-order valence-electron chi connectivity index (χ4n) is 3.42. The molecule has 2 N–H and O–H groups in total. The first-order valence-corrected chi connectivity index (χ1v) is 9.63. The number of nitrogens with one attached hydrogen (secondary N) is 1. The van der Waals surface area contributed by atoms with Crippen LogP contribution in [0.4, 0.5) is 4.39 Å². The van der Waals surface area contributed by atoms with Crippen molar-refractivity contribution in [3.8, 4) is 11.5 Å². The van der Waals surface area contributed by atoms with Crippen LogP contribution in [0, 0.1) is 12.7 Å². The summed E-state index contributed by atoms with van der Waals surface area (Å²) in [4.78, 5) is 2.33. The van der Waals surface area contributed by atoms with Crippen molar-refractivity contribution < 1.29 is 14.2 Å². The van der Waals surface area contributed by atoms with E-state index in [2.05, 4.69) is 24.1 Å². The predicted molar refractivity (Wildman–Crippen MR) is 113 cm³/mol. The zero-order chi connectivity index (χ0) is 19.4. The third kappa shape index (κ3) is 5.60. The van der Waals surface area contributed by atoms with Crippen molar-refractivity contribution in [1.82, 2.24) is 10.2 Å². The third-order valence-electron chi connectivity index (χ3n) is 5.10. The van der Waals surface area contributed by atoms with Gasteiger partial charge in [-0.25, -0.2) is 4.39 Å². The Labute approximate surface area is 173 Å². The summed E-state index contributed by atoms with van der Waals surface area (Å²) in [5, 5.41) is 13.5. The molecule has 1 aliphatic rings. The molecular weight excluding hydrogens is 379 g/mol. The van der Waals surface area contributed by atoms with Crippen molar-refractivity contribution >= 4 is 12.4 Å². The molecule has 0 amide bonds. The molecule has 6 heteroatoms. The minimum Gasteiger partial charge on any atom is -0.508 e. The summed E-state index contributed by atoms with van der Waals surface area (Å²) in [5.74, 6) is 1.12. The van der Waals surface area contributed by atoms with Crippen molar-refractivity contribution in [2.75, 3.05) is 26.2 Å². The number of ether oxygens (including phenoxy) is 1. The second kappa shape index (κ2) is 10.1. The van der Waals surface area contributed by atoms with Gasteiger partial charge < -0.3 is 15.2 Å². The zero-order valence-electron chi connectivity index (χ0n) is 16.7. The van der Waals surface area contributed by atoms with Crippen LogP contribution in [0.25, 0.3) is 0 Å². The average molecular weight is 409 g/mol. The van der Waals surface area contributed by atoms with Crippen LogP contribution in [-0.2, 0) is 6.42 Å². The maximum absolute atomic E-state index is 13.3. The molecule has 1 fully saturated rings. The lowest BCUT2D eigenvalue weighted by atomic mass is 9.99. The average Bonchev–Trinajstić information content (AvgIpc) is 2.66. The Morgan fingerprint density at radius 3 is 2.39 bits per heavy atom. The van der Waals surface area contributed by atoms with Crippen molar-refractivity contribution in [2.24, 2.45) is 0 Å². The summed E-state index contributed by atoms with van der Waals surface area (Å²) in [6.45, 7) is 9.73. The fourth-order valence-corrected chi connectivity index (χ4v) is 3.42. The molecule has 1 aliphatic heterocycles. The van der Waals surface area contributed by atoms with E-state index in [0.29, 0.717) is 12.2 Å². The molecule has 1 heterocycles. The summed E-state index contributed by atoms with van der Waals surface area (Å²) in [6.07, 6.45) is 0.539. The number of phenolic OH excluding ortho intramolecular Hbond substituents is 1. The van der Waals surface area contributed by atoms with Crippen LogP contribution in [0.5, 0.6) is 11.5 Å². The van der Waals surface area contributed by atoms with E-state index >= 15 is 0 Å².